The third-order valence-corrected chi connectivity index (χ3v) is 5.15. The fraction of sp³-hybridized carbons (Fsp3) is 0.267. The third-order valence-electron chi connectivity index (χ3n) is 3.31. The van der Waals surface area contributed by atoms with Crippen molar-refractivity contribution in [1.82, 2.24) is 0 Å². The molecule has 0 bridgehead atoms. The Balaban J connectivity index is 2.41. The van der Waals surface area contributed by atoms with Gasteiger partial charge in [-0.2, -0.15) is 0 Å². The van der Waals surface area contributed by atoms with Gasteiger partial charge in [0.2, 0.25) is 0 Å². The van der Waals surface area contributed by atoms with Gasteiger partial charge in [-0.3, -0.25) is 4.79 Å². The number of hydrogen-bond acceptors (Lipinski definition) is 2. The standard InChI is InChI=1S/C15H15BrO2S/c1-9-4-5-10(6-12(9)16)13-7-11(8-19-13)15(2,3)14(17)18/h4-8H,1-3H3,(H,17,18). The van der Waals surface area contributed by atoms with Crippen molar-refractivity contribution in [3.05, 3.63) is 45.2 Å². The van der Waals surface area contributed by atoms with Gasteiger partial charge in [-0.05, 0) is 55.0 Å². The molecule has 1 aromatic heterocycles. The van der Waals surface area contributed by atoms with E-state index in [-0.39, 0.29) is 0 Å². The summed E-state index contributed by atoms with van der Waals surface area (Å²) in [5.41, 5.74) is 2.29. The van der Waals surface area contributed by atoms with Gasteiger partial charge in [-0.1, -0.05) is 28.1 Å². The molecule has 0 aliphatic heterocycles. The van der Waals surface area contributed by atoms with Crippen LogP contribution in [0.15, 0.2) is 34.1 Å². The molecule has 0 fully saturated rings. The zero-order chi connectivity index (χ0) is 14.2. The molecule has 0 aliphatic carbocycles. The third kappa shape index (κ3) is 2.74. The van der Waals surface area contributed by atoms with Crippen LogP contribution in [-0.2, 0) is 10.2 Å². The van der Waals surface area contributed by atoms with Crippen molar-refractivity contribution >= 4 is 33.2 Å². The molecule has 0 radical (unpaired) electrons. The van der Waals surface area contributed by atoms with E-state index in [1.54, 1.807) is 25.2 Å². The maximum atomic E-state index is 11.3. The highest BCUT2D eigenvalue weighted by molar-refractivity contribution is 9.10. The first kappa shape index (κ1) is 14.3. The van der Waals surface area contributed by atoms with Gasteiger partial charge in [0.1, 0.15) is 0 Å². The van der Waals surface area contributed by atoms with Crippen LogP contribution in [0.25, 0.3) is 10.4 Å². The lowest BCUT2D eigenvalue weighted by Gasteiger charge is -2.17. The van der Waals surface area contributed by atoms with Gasteiger partial charge in [-0.15, -0.1) is 11.3 Å². The SMILES string of the molecule is Cc1ccc(-c2cc(C(C)(C)C(=O)O)cs2)cc1Br. The molecular weight excluding hydrogens is 324 g/mol. The average molecular weight is 339 g/mol. The molecule has 19 heavy (non-hydrogen) atoms. The van der Waals surface area contributed by atoms with Crippen molar-refractivity contribution in [1.29, 1.82) is 0 Å². The van der Waals surface area contributed by atoms with Crippen LogP contribution in [0.5, 0.6) is 0 Å². The average Bonchev–Trinajstić information content (AvgIpc) is 2.82. The van der Waals surface area contributed by atoms with E-state index in [1.807, 2.05) is 18.4 Å². The molecule has 4 heteroatoms. The second kappa shape index (κ2) is 5.10. The largest absolute Gasteiger partial charge is 0.481 e. The number of thiophene rings is 1. The number of carboxylic acid groups (broad SMARTS) is 1. The normalized spacial score (nSPS) is 11.6. The first-order valence-corrected chi connectivity index (χ1v) is 7.58. The van der Waals surface area contributed by atoms with Gasteiger partial charge in [0, 0.05) is 9.35 Å². The summed E-state index contributed by atoms with van der Waals surface area (Å²) < 4.78 is 1.07. The minimum atomic E-state index is -0.851. The van der Waals surface area contributed by atoms with Crippen molar-refractivity contribution < 1.29 is 9.90 Å². The maximum absolute atomic E-state index is 11.3. The molecule has 1 aromatic carbocycles. The van der Waals surface area contributed by atoms with E-state index in [1.165, 1.54) is 5.56 Å². The molecule has 0 aliphatic rings. The first-order valence-electron chi connectivity index (χ1n) is 5.91. The van der Waals surface area contributed by atoms with Crippen LogP contribution >= 0.6 is 27.3 Å². The van der Waals surface area contributed by atoms with Crippen LogP contribution in [0.3, 0.4) is 0 Å². The van der Waals surface area contributed by atoms with Crippen molar-refractivity contribution in [2.45, 2.75) is 26.2 Å². The fourth-order valence-electron chi connectivity index (χ4n) is 1.68. The van der Waals surface area contributed by atoms with Crippen LogP contribution in [0.4, 0.5) is 0 Å². The van der Waals surface area contributed by atoms with Gasteiger partial charge in [-0.25, -0.2) is 0 Å². The summed E-state index contributed by atoms with van der Waals surface area (Å²) in [6, 6.07) is 8.15. The highest BCUT2D eigenvalue weighted by Gasteiger charge is 2.30. The number of carboxylic acids is 1. The number of aryl methyl sites for hydroxylation is 1. The molecule has 1 heterocycles. The number of hydrogen-bond donors (Lipinski definition) is 1. The van der Waals surface area contributed by atoms with E-state index >= 15 is 0 Å². The number of benzene rings is 1. The molecule has 0 atom stereocenters. The molecule has 0 unspecified atom stereocenters. The summed E-state index contributed by atoms with van der Waals surface area (Å²) in [4.78, 5) is 12.4. The molecule has 1 N–H and O–H groups in total. The quantitative estimate of drug-likeness (QED) is 0.868. The molecule has 0 saturated heterocycles. The number of carbonyl (C=O) groups is 1. The lowest BCUT2D eigenvalue weighted by atomic mass is 9.86. The Morgan fingerprint density at radius 3 is 2.58 bits per heavy atom. The lowest BCUT2D eigenvalue weighted by molar-refractivity contribution is -0.142. The molecule has 0 amide bonds. The number of rotatable bonds is 3. The Morgan fingerprint density at radius 1 is 1.32 bits per heavy atom. The topological polar surface area (TPSA) is 37.3 Å². The van der Waals surface area contributed by atoms with Gasteiger partial charge < -0.3 is 5.11 Å². The molecule has 2 rings (SSSR count). The predicted octanol–water partition coefficient (Wildman–Crippen LogP) is 4.85. The Morgan fingerprint density at radius 2 is 2.00 bits per heavy atom. The number of aliphatic carboxylic acids is 1. The first-order chi connectivity index (χ1) is 8.82. The van der Waals surface area contributed by atoms with E-state index in [0.717, 1.165) is 20.5 Å². The van der Waals surface area contributed by atoms with E-state index in [0.29, 0.717) is 0 Å². The van der Waals surface area contributed by atoms with Gasteiger partial charge in [0.25, 0.3) is 0 Å². The summed E-state index contributed by atoms with van der Waals surface area (Å²) in [7, 11) is 0. The molecule has 100 valence electrons. The zero-order valence-electron chi connectivity index (χ0n) is 11.0. The second-order valence-corrected chi connectivity index (χ2v) is 6.86. The zero-order valence-corrected chi connectivity index (χ0v) is 13.4. The van der Waals surface area contributed by atoms with Crippen LogP contribution in [0, 0.1) is 6.92 Å². The van der Waals surface area contributed by atoms with E-state index in [2.05, 4.69) is 34.1 Å². The van der Waals surface area contributed by atoms with Crippen molar-refractivity contribution in [2.24, 2.45) is 0 Å². The Labute approximate surface area is 125 Å². The highest BCUT2D eigenvalue weighted by atomic mass is 79.9. The molecule has 2 nitrogen and oxygen atoms in total. The van der Waals surface area contributed by atoms with Gasteiger partial charge >= 0.3 is 5.97 Å². The van der Waals surface area contributed by atoms with Crippen LogP contribution in [0.2, 0.25) is 0 Å². The molecule has 2 aromatic rings. The molecular formula is C15H15BrO2S. The van der Waals surface area contributed by atoms with Crippen LogP contribution in [0.1, 0.15) is 25.0 Å². The van der Waals surface area contributed by atoms with Crippen molar-refractivity contribution in [3.8, 4) is 10.4 Å². The molecule has 0 spiro atoms. The summed E-state index contributed by atoms with van der Waals surface area (Å²) >= 11 is 5.10. The number of halogens is 1. The lowest BCUT2D eigenvalue weighted by Crippen LogP contribution is -2.27. The van der Waals surface area contributed by atoms with E-state index in [4.69, 9.17) is 0 Å². The second-order valence-electron chi connectivity index (χ2n) is 5.09. The summed E-state index contributed by atoms with van der Waals surface area (Å²) in [5, 5.41) is 11.2. The molecule has 0 saturated carbocycles. The predicted molar refractivity (Wildman–Crippen MR) is 82.9 cm³/mol. The summed E-state index contributed by atoms with van der Waals surface area (Å²) in [5.74, 6) is -0.804. The van der Waals surface area contributed by atoms with Gasteiger partial charge in [0.15, 0.2) is 0 Å². The Hall–Kier alpha value is -1.13. The van der Waals surface area contributed by atoms with Crippen LogP contribution in [-0.4, -0.2) is 11.1 Å². The maximum Gasteiger partial charge on any atom is 0.313 e. The van der Waals surface area contributed by atoms with Crippen molar-refractivity contribution in [2.75, 3.05) is 0 Å². The van der Waals surface area contributed by atoms with E-state index in [9.17, 15) is 9.90 Å². The minimum Gasteiger partial charge on any atom is -0.481 e. The van der Waals surface area contributed by atoms with Gasteiger partial charge in [0.05, 0.1) is 5.41 Å². The highest BCUT2D eigenvalue weighted by Crippen LogP contribution is 2.35. The fourth-order valence-corrected chi connectivity index (χ4v) is 3.14. The van der Waals surface area contributed by atoms with E-state index < -0.39 is 11.4 Å². The smallest absolute Gasteiger partial charge is 0.313 e. The summed E-state index contributed by atoms with van der Waals surface area (Å²) in [6.07, 6.45) is 0. The minimum absolute atomic E-state index is 0.804. The Bertz CT molecular complexity index is 629. The Kier molecular flexibility index (Phi) is 3.83. The van der Waals surface area contributed by atoms with Crippen LogP contribution < -0.4 is 0 Å². The monoisotopic (exact) mass is 338 g/mol. The summed E-state index contributed by atoms with van der Waals surface area (Å²) in [6.45, 7) is 5.50. The van der Waals surface area contributed by atoms with Crippen molar-refractivity contribution in [3.63, 3.8) is 0 Å².